The largest absolute Gasteiger partial charge is 0.487 e. The van der Waals surface area contributed by atoms with Crippen LogP contribution in [0.3, 0.4) is 0 Å². The van der Waals surface area contributed by atoms with Gasteiger partial charge in [0.05, 0.1) is 22.4 Å². The smallest absolute Gasteiger partial charge is 0.131 e. The Morgan fingerprint density at radius 3 is 2.64 bits per heavy atom. The average Bonchev–Trinajstić information content (AvgIpc) is 3.19. The molecular formula is C21H16N2OS. The summed E-state index contributed by atoms with van der Waals surface area (Å²) in [5.74, 6) is 0.842. The third-order valence-electron chi connectivity index (χ3n) is 3.82. The van der Waals surface area contributed by atoms with Crippen molar-refractivity contribution in [2.45, 2.75) is 6.61 Å². The summed E-state index contributed by atoms with van der Waals surface area (Å²) >= 11 is 1.58. The predicted molar refractivity (Wildman–Crippen MR) is 104 cm³/mol. The lowest BCUT2D eigenvalue weighted by molar-refractivity contribution is 0.302. The highest BCUT2D eigenvalue weighted by Gasteiger charge is 1.98. The second-order valence-corrected chi connectivity index (χ2v) is 6.32. The maximum absolute atomic E-state index is 5.72. The lowest BCUT2D eigenvalue weighted by Crippen LogP contribution is -1.94. The SMILES string of the molecule is C(=C\c1ccc2ccccc2n1)/c1ccc(OCc2cscn2)cc1. The van der Waals surface area contributed by atoms with E-state index in [4.69, 9.17) is 4.74 Å². The van der Waals surface area contributed by atoms with Crippen molar-refractivity contribution >= 4 is 34.4 Å². The molecule has 2 aromatic carbocycles. The van der Waals surface area contributed by atoms with Gasteiger partial charge in [0.1, 0.15) is 12.4 Å². The molecule has 122 valence electrons. The van der Waals surface area contributed by atoms with Crippen LogP contribution in [0.15, 0.2) is 71.6 Å². The van der Waals surface area contributed by atoms with E-state index < -0.39 is 0 Å². The maximum Gasteiger partial charge on any atom is 0.131 e. The standard InChI is InChI=1S/C21H16N2OS/c1-2-4-21-17(3-1)8-10-18(23-21)9-5-16-6-11-20(12-7-16)24-13-19-14-25-15-22-19/h1-12,14-15H,13H2/b9-5+. The van der Waals surface area contributed by atoms with E-state index in [1.807, 2.05) is 65.5 Å². The van der Waals surface area contributed by atoms with E-state index in [0.29, 0.717) is 6.61 Å². The monoisotopic (exact) mass is 344 g/mol. The number of hydrogen-bond acceptors (Lipinski definition) is 4. The van der Waals surface area contributed by atoms with Crippen molar-refractivity contribution < 1.29 is 4.74 Å². The molecule has 2 heterocycles. The number of fused-ring (bicyclic) bond motifs is 1. The van der Waals surface area contributed by atoms with Crippen molar-refractivity contribution in [3.05, 3.63) is 88.5 Å². The van der Waals surface area contributed by atoms with Gasteiger partial charge in [-0.3, -0.25) is 0 Å². The van der Waals surface area contributed by atoms with E-state index in [-0.39, 0.29) is 0 Å². The van der Waals surface area contributed by atoms with Gasteiger partial charge in [0, 0.05) is 10.8 Å². The number of para-hydroxylation sites is 1. The van der Waals surface area contributed by atoms with Gasteiger partial charge in [-0.15, -0.1) is 11.3 Å². The minimum atomic E-state index is 0.500. The molecule has 3 nitrogen and oxygen atoms in total. The first-order valence-corrected chi connectivity index (χ1v) is 8.95. The summed E-state index contributed by atoms with van der Waals surface area (Å²) in [6.07, 6.45) is 4.08. The molecule has 0 bridgehead atoms. The molecule has 2 aromatic heterocycles. The number of thiazole rings is 1. The summed E-state index contributed by atoms with van der Waals surface area (Å²) in [6, 6.07) is 20.3. The molecule has 0 fully saturated rings. The van der Waals surface area contributed by atoms with Crippen LogP contribution in [0.5, 0.6) is 5.75 Å². The third-order valence-corrected chi connectivity index (χ3v) is 4.45. The quantitative estimate of drug-likeness (QED) is 0.483. The summed E-state index contributed by atoms with van der Waals surface area (Å²) in [5.41, 5.74) is 5.83. The molecule has 0 unspecified atom stereocenters. The number of nitrogens with zero attached hydrogens (tertiary/aromatic N) is 2. The molecule has 0 N–H and O–H groups in total. The van der Waals surface area contributed by atoms with Crippen LogP contribution in [0, 0.1) is 0 Å². The Morgan fingerprint density at radius 2 is 1.80 bits per heavy atom. The second-order valence-electron chi connectivity index (χ2n) is 5.60. The van der Waals surface area contributed by atoms with Crippen LogP contribution in [0.4, 0.5) is 0 Å². The number of hydrogen-bond donors (Lipinski definition) is 0. The van der Waals surface area contributed by atoms with E-state index in [1.165, 1.54) is 0 Å². The van der Waals surface area contributed by atoms with Gasteiger partial charge in [0.15, 0.2) is 0 Å². The van der Waals surface area contributed by atoms with Crippen molar-refractivity contribution in [1.82, 2.24) is 9.97 Å². The van der Waals surface area contributed by atoms with Gasteiger partial charge in [-0.1, -0.05) is 42.5 Å². The third kappa shape index (κ3) is 3.92. The number of benzene rings is 2. The van der Waals surface area contributed by atoms with Crippen LogP contribution in [0.25, 0.3) is 23.1 Å². The summed E-state index contributed by atoms with van der Waals surface area (Å²) < 4.78 is 5.72. The summed E-state index contributed by atoms with van der Waals surface area (Å²) in [7, 11) is 0. The Bertz CT molecular complexity index is 992. The first-order valence-electron chi connectivity index (χ1n) is 8.01. The minimum absolute atomic E-state index is 0.500. The number of aromatic nitrogens is 2. The molecular weight excluding hydrogens is 328 g/mol. The molecule has 0 amide bonds. The van der Waals surface area contributed by atoms with Gasteiger partial charge in [0.25, 0.3) is 0 Å². The molecule has 25 heavy (non-hydrogen) atoms. The topological polar surface area (TPSA) is 35.0 Å². The zero-order valence-electron chi connectivity index (χ0n) is 13.5. The Labute approximate surface area is 150 Å². The molecule has 0 radical (unpaired) electrons. The van der Waals surface area contributed by atoms with E-state index in [0.717, 1.165) is 33.6 Å². The highest BCUT2D eigenvalue weighted by molar-refractivity contribution is 7.07. The number of ether oxygens (including phenoxy) is 1. The molecule has 4 heteroatoms. The Morgan fingerprint density at radius 1 is 0.920 bits per heavy atom. The first-order chi connectivity index (χ1) is 12.4. The predicted octanol–water partition coefficient (Wildman–Crippen LogP) is 5.44. The fourth-order valence-corrected chi connectivity index (χ4v) is 3.04. The molecule has 0 atom stereocenters. The van der Waals surface area contributed by atoms with Crippen LogP contribution in [0.1, 0.15) is 17.0 Å². The van der Waals surface area contributed by atoms with Gasteiger partial charge in [-0.25, -0.2) is 9.97 Å². The van der Waals surface area contributed by atoms with Crippen LogP contribution in [0.2, 0.25) is 0 Å². The highest BCUT2D eigenvalue weighted by Crippen LogP contribution is 2.17. The van der Waals surface area contributed by atoms with E-state index in [1.54, 1.807) is 11.3 Å². The van der Waals surface area contributed by atoms with Crippen LogP contribution in [-0.2, 0) is 6.61 Å². The van der Waals surface area contributed by atoms with Crippen LogP contribution >= 0.6 is 11.3 Å². The van der Waals surface area contributed by atoms with Gasteiger partial charge in [-0.05, 0) is 35.9 Å². The molecule has 0 aliphatic heterocycles. The summed E-state index contributed by atoms with van der Waals surface area (Å²) in [5, 5.41) is 3.15. The van der Waals surface area contributed by atoms with Gasteiger partial charge < -0.3 is 4.74 Å². The Kier molecular flexibility index (Phi) is 4.53. The van der Waals surface area contributed by atoms with Crippen molar-refractivity contribution in [2.75, 3.05) is 0 Å². The molecule has 0 spiro atoms. The van der Waals surface area contributed by atoms with Crippen molar-refractivity contribution in [2.24, 2.45) is 0 Å². The Hall–Kier alpha value is -2.98. The molecule has 4 rings (SSSR count). The fraction of sp³-hybridized carbons (Fsp3) is 0.0476. The van der Waals surface area contributed by atoms with Crippen molar-refractivity contribution in [3.63, 3.8) is 0 Å². The normalized spacial score (nSPS) is 11.2. The second kappa shape index (κ2) is 7.28. The zero-order chi connectivity index (χ0) is 16.9. The lowest BCUT2D eigenvalue weighted by Gasteiger charge is -2.04. The number of pyridine rings is 1. The molecule has 0 aliphatic rings. The van der Waals surface area contributed by atoms with Crippen LogP contribution < -0.4 is 4.74 Å². The first kappa shape index (κ1) is 15.5. The Balaban J connectivity index is 1.43. The van der Waals surface area contributed by atoms with E-state index in [2.05, 4.69) is 28.2 Å². The molecule has 4 aromatic rings. The molecule has 0 saturated carbocycles. The van der Waals surface area contributed by atoms with E-state index >= 15 is 0 Å². The summed E-state index contributed by atoms with van der Waals surface area (Å²) in [6.45, 7) is 0.500. The van der Waals surface area contributed by atoms with E-state index in [9.17, 15) is 0 Å². The molecule has 0 aliphatic carbocycles. The minimum Gasteiger partial charge on any atom is -0.487 e. The van der Waals surface area contributed by atoms with Crippen LogP contribution in [-0.4, -0.2) is 9.97 Å². The van der Waals surface area contributed by atoms with Crippen molar-refractivity contribution in [3.8, 4) is 5.75 Å². The van der Waals surface area contributed by atoms with Gasteiger partial charge >= 0.3 is 0 Å². The molecule has 0 saturated heterocycles. The average molecular weight is 344 g/mol. The van der Waals surface area contributed by atoms with Gasteiger partial charge in [0.2, 0.25) is 0 Å². The maximum atomic E-state index is 5.72. The zero-order valence-corrected chi connectivity index (χ0v) is 14.3. The fourth-order valence-electron chi connectivity index (χ4n) is 2.50. The summed E-state index contributed by atoms with van der Waals surface area (Å²) in [4.78, 5) is 8.86. The van der Waals surface area contributed by atoms with Gasteiger partial charge in [-0.2, -0.15) is 0 Å². The lowest BCUT2D eigenvalue weighted by atomic mass is 10.1. The highest BCUT2D eigenvalue weighted by atomic mass is 32.1. The number of rotatable bonds is 5. The van der Waals surface area contributed by atoms with Crippen molar-refractivity contribution in [1.29, 1.82) is 0 Å².